The Bertz CT molecular complexity index is 472. The van der Waals surface area contributed by atoms with E-state index >= 15 is 0 Å². The Morgan fingerprint density at radius 1 is 1.38 bits per heavy atom. The summed E-state index contributed by atoms with van der Waals surface area (Å²) >= 11 is 1.69. The number of aryl methyl sites for hydroxylation is 3. The third kappa shape index (κ3) is 2.68. The Labute approximate surface area is 99.3 Å². The zero-order valence-electron chi connectivity index (χ0n) is 9.82. The highest BCUT2D eigenvalue weighted by Gasteiger charge is 2.03. The Kier molecular flexibility index (Phi) is 3.36. The van der Waals surface area contributed by atoms with Gasteiger partial charge in [-0.3, -0.25) is 4.68 Å². The first kappa shape index (κ1) is 11.3. The van der Waals surface area contributed by atoms with E-state index in [0.717, 1.165) is 29.5 Å². The smallest absolute Gasteiger partial charge is 0.0897 e. The molecule has 5 heteroatoms. The maximum atomic E-state index is 4.40. The van der Waals surface area contributed by atoms with E-state index in [0.29, 0.717) is 0 Å². The number of hydrogen-bond donors (Lipinski definition) is 1. The minimum Gasteiger partial charge on any atom is -0.307 e. The van der Waals surface area contributed by atoms with Crippen LogP contribution in [-0.2, 0) is 20.1 Å². The monoisotopic (exact) mass is 236 g/mol. The normalized spacial score (nSPS) is 10.9. The first-order valence-corrected chi connectivity index (χ1v) is 6.14. The van der Waals surface area contributed by atoms with E-state index in [-0.39, 0.29) is 0 Å². The number of hydrogen-bond acceptors (Lipinski definition) is 4. The van der Waals surface area contributed by atoms with Gasteiger partial charge in [0.15, 0.2) is 0 Å². The van der Waals surface area contributed by atoms with E-state index in [1.807, 2.05) is 25.6 Å². The third-order valence-electron chi connectivity index (χ3n) is 2.40. The van der Waals surface area contributed by atoms with Crippen LogP contribution in [-0.4, -0.2) is 14.8 Å². The van der Waals surface area contributed by atoms with Crippen LogP contribution >= 0.6 is 11.3 Å². The lowest BCUT2D eigenvalue weighted by atomic mass is 10.2. The maximum Gasteiger partial charge on any atom is 0.0897 e. The van der Waals surface area contributed by atoms with E-state index in [2.05, 4.69) is 27.0 Å². The van der Waals surface area contributed by atoms with Gasteiger partial charge in [-0.2, -0.15) is 5.10 Å². The predicted molar refractivity (Wildman–Crippen MR) is 65.3 cm³/mol. The summed E-state index contributed by atoms with van der Waals surface area (Å²) in [6, 6.07) is 0. The van der Waals surface area contributed by atoms with Gasteiger partial charge < -0.3 is 5.32 Å². The van der Waals surface area contributed by atoms with Gasteiger partial charge in [-0.1, -0.05) is 0 Å². The highest BCUT2D eigenvalue weighted by Crippen LogP contribution is 2.08. The molecule has 0 fully saturated rings. The zero-order valence-corrected chi connectivity index (χ0v) is 10.6. The Hall–Kier alpha value is -1.20. The van der Waals surface area contributed by atoms with E-state index in [1.54, 1.807) is 11.3 Å². The van der Waals surface area contributed by atoms with Crippen molar-refractivity contribution < 1.29 is 0 Å². The van der Waals surface area contributed by atoms with Gasteiger partial charge in [0.05, 0.1) is 16.4 Å². The van der Waals surface area contributed by atoms with Crippen LogP contribution in [0.5, 0.6) is 0 Å². The Morgan fingerprint density at radius 3 is 2.75 bits per heavy atom. The van der Waals surface area contributed by atoms with Gasteiger partial charge in [-0.25, -0.2) is 4.98 Å². The molecule has 0 radical (unpaired) electrons. The molecule has 16 heavy (non-hydrogen) atoms. The van der Waals surface area contributed by atoms with Crippen molar-refractivity contribution in [2.75, 3.05) is 0 Å². The molecule has 2 rings (SSSR count). The standard InChI is InChI=1S/C11H16N4S/c1-8-10(6-15(3)14-8)4-12-5-11-7-16-9(2)13-11/h6-7,12H,4-5H2,1-3H3. The van der Waals surface area contributed by atoms with Crippen LogP contribution in [0, 0.1) is 13.8 Å². The Morgan fingerprint density at radius 2 is 2.19 bits per heavy atom. The van der Waals surface area contributed by atoms with Crippen LogP contribution in [0.25, 0.3) is 0 Å². The van der Waals surface area contributed by atoms with Crippen molar-refractivity contribution in [2.24, 2.45) is 7.05 Å². The van der Waals surface area contributed by atoms with E-state index in [9.17, 15) is 0 Å². The molecule has 0 aliphatic carbocycles. The molecule has 0 saturated carbocycles. The molecule has 0 aromatic carbocycles. The van der Waals surface area contributed by atoms with Crippen LogP contribution in [0.15, 0.2) is 11.6 Å². The summed E-state index contributed by atoms with van der Waals surface area (Å²) in [6.45, 7) is 5.72. The molecule has 0 aliphatic heterocycles. The molecule has 0 saturated heterocycles. The second-order valence-electron chi connectivity index (χ2n) is 3.87. The lowest BCUT2D eigenvalue weighted by molar-refractivity contribution is 0.679. The second kappa shape index (κ2) is 4.76. The van der Waals surface area contributed by atoms with Gasteiger partial charge in [0.25, 0.3) is 0 Å². The second-order valence-corrected chi connectivity index (χ2v) is 4.94. The lowest BCUT2D eigenvalue weighted by Crippen LogP contribution is -2.13. The highest BCUT2D eigenvalue weighted by atomic mass is 32.1. The average Bonchev–Trinajstić information content (AvgIpc) is 2.74. The van der Waals surface area contributed by atoms with E-state index < -0.39 is 0 Å². The van der Waals surface area contributed by atoms with Crippen molar-refractivity contribution in [1.82, 2.24) is 20.1 Å². The fourth-order valence-electron chi connectivity index (χ4n) is 1.64. The van der Waals surface area contributed by atoms with Gasteiger partial charge in [0.2, 0.25) is 0 Å². The van der Waals surface area contributed by atoms with Crippen LogP contribution < -0.4 is 5.32 Å². The Balaban J connectivity index is 1.86. The fourth-order valence-corrected chi connectivity index (χ4v) is 2.25. The van der Waals surface area contributed by atoms with Crippen LogP contribution in [0.4, 0.5) is 0 Å². The summed E-state index contributed by atoms with van der Waals surface area (Å²) in [7, 11) is 1.94. The minimum absolute atomic E-state index is 0.818. The van der Waals surface area contributed by atoms with E-state index in [4.69, 9.17) is 0 Å². The van der Waals surface area contributed by atoms with Crippen LogP contribution in [0.2, 0.25) is 0 Å². The van der Waals surface area contributed by atoms with Crippen LogP contribution in [0.3, 0.4) is 0 Å². The molecule has 1 N–H and O–H groups in total. The quantitative estimate of drug-likeness (QED) is 0.880. The molecular weight excluding hydrogens is 220 g/mol. The van der Waals surface area contributed by atoms with Crippen LogP contribution in [0.1, 0.15) is 22.0 Å². The number of thiazole rings is 1. The van der Waals surface area contributed by atoms with Crippen molar-refractivity contribution in [1.29, 1.82) is 0 Å². The fraction of sp³-hybridized carbons (Fsp3) is 0.455. The molecular formula is C11H16N4S. The first-order valence-electron chi connectivity index (χ1n) is 5.26. The van der Waals surface area contributed by atoms with Gasteiger partial charge >= 0.3 is 0 Å². The van der Waals surface area contributed by atoms with Gasteiger partial charge in [0, 0.05) is 37.3 Å². The summed E-state index contributed by atoms with van der Waals surface area (Å²) in [5.41, 5.74) is 3.45. The molecule has 2 aromatic heterocycles. The average molecular weight is 236 g/mol. The van der Waals surface area contributed by atoms with Crippen molar-refractivity contribution in [3.05, 3.63) is 33.5 Å². The minimum atomic E-state index is 0.818. The molecule has 86 valence electrons. The zero-order chi connectivity index (χ0) is 11.5. The molecule has 0 bridgehead atoms. The van der Waals surface area contributed by atoms with Crippen molar-refractivity contribution in [3.8, 4) is 0 Å². The number of nitrogens with one attached hydrogen (secondary N) is 1. The van der Waals surface area contributed by atoms with Gasteiger partial charge in [-0.05, 0) is 13.8 Å². The predicted octanol–water partition coefficient (Wildman–Crippen LogP) is 1.78. The summed E-state index contributed by atoms with van der Waals surface area (Å²) in [4.78, 5) is 4.40. The maximum absolute atomic E-state index is 4.40. The van der Waals surface area contributed by atoms with Crippen molar-refractivity contribution in [3.63, 3.8) is 0 Å². The molecule has 2 aromatic rings. The van der Waals surface area contributed by atoms with Crippen molar-refractivity contribution in [2.45, 2.75) is 26.9 Å². The summed E-state index contributed by atoms with van der Waals surface area (Å²) in [6.07, 6.45) is 2.05. The number of aromatic nitrogens is 3. The molecule has 0 spiro atoms. The molecule has 0 aliphatic rings. The third-order valence-corrected chi connectivity index (χ3v) is 3.23. The van der Waals surface area contributed by atoms with Gasteiger partial charge in [-0.15, -0.1) is 11.3 Å². The van der Waals surface area contributed by atoms with Gasteiger partial charge in [0.1, 0.15) is 0 Å². The number of rotatable bonds is 4. The topological polar surface area (TPSA) is 42.7 Å². The molecule has 4 nitrogen and oxygen atoms in total. The largest absolute Gasteiger partial charge is 0.307 e. The summed E-state index contributed by atoms with van der Waals surface area (Å²) in [5.74, 6) is 0. The lowest BCUT2D eigenvalue weighted by Gasteiger charge is -2.00. The first-order chi connectivity index (χ1) is 7.65. The molecule has 0 amide bonds. The molecule has 0 atom stereocenters. The van der Waals surface area contributed by atoms with E-state index in [1.165, 1.54) is 5.56 Å². The summed E-state index contributed by atoms with van der Waals surface area (Å²) in [5, 5.41) is 10.9. The molecule has 0 unspecified atom stereocenters. The molecule has 2 heterocycles. The summed E-state index contributed by atoms with van der Waals surface area (Å²) < 4.78 is 1.85. The number of nitrogens with zero attached hydrogens (tertiary/aromatic N) is 3. The van der Waals surface area contributed by atoms with Crippen molar-refractivity contribution >= 4 is 11.3 Å². The highest BCUT2D eigenvalue weighted by molar-refractivity contribution is 7.09. The SMILES string of the molecule is Cc1nc(CNCc2cn(C)nc2C)cs1.